The highest BCUT2D eigenvalue weighted by molar-refractivity contribution is 6.30. The highest BCUT2D eigenvalue weighted by Gasteiger charge is 2.22. The maximum atomic E-state index is 11.9. The van der Waals surface area contributed by atoms with Gasteiger partial charge >= 0.3 is 5.97 Å². The molecule has 0 aliphatic rings. The number of aromatic carboxylic acids is 1. The second kappa shape index (κ2) is 8.37. The van der Waals surface area contributed by atoms with Crippen LogP contribution in [0.25, 0.3) is 0 Å². The fourth-order valence-corrected chi connectivity index (χ4v) is 3.42. The van der Waals surface area contributed by atoms with Crippen molar-refractivity contribution in [2.75, 3.05) is 0 Å². The number of halogens is 1. The molecule has 3 rings (SSSR count). The minimum Gasteiger partial charge on any atom is -0.478 e. The second-order valence-electron chi connectivity index (χ2n) is 6.51. The molecule has 27 heavy (non-hydrogen) atoms. The number of nitrogens with zero attached hydrogens (tertiary/aromatic N) is 2. The van der Waals surface area contributed by atoms with Crippen LogP contribution in [0.5, 0.6) is 0 Å². The molecule has 140 valence electrons. The topological polar surface area (TPSA) is 67.2 Å². The molecule has 0 atom stereocenters. The summed E-state index contributed by atoms with van der Waals surface area (Å²) >= 11 is 5.96. The number of carboxylic acid groups (broad SMARTS) is 1. The Balaban J connectivity index is 1.84. The van der Waals surface area contributed by atoms with Gasteiger partial charge in [-0.1, -0.05) is 29.8 Å². The van der Waals surface area contributed by atoms with Crippen LogP contribution in [0.3, 0.4) is 0 Å². The van der Waals surface area contributed by atoms with Gasteiger partial charge in [-0.3, -0.25) is 4.98 Å². The van der Waals surface area contributed by atoms with Crippen molar-refractivity contribution in [3.63, 3.8) is 0 Å². The second-order valence-corrected chi connectivity index (χ2v) is 6.94. The first-order valence-electron chi connectivity index (χ1n) is 8.73. The molecular weight excluding hydrogens is 362 g/mol. The van der Waals surface area contributed by atoms with Crippen molar-refractivity contribution in [2.45, 2.75) is 33.5 Å². The Labute approximate surface area is 163 Å². The van der Waals surface area contributed by atoms with Crippen molar-refractivity contribution in [3.05, 3.63) is 87.5 Å². The van der Waals surface area contributed by atoms with Crippen molar-refractivity contribution >= 4 is 17.6 Å². The number of aromatic nitrogens is 2. The molecule has 0 spiro atoms. The minimum absolute atomic E-state index is 0.375. The molecule has 5 nitrogen and oxygen atoms in total. The summed E-state index contributed by atoms with van der Waals surface area (Å²) in [4.78, 5) is 16.0. The van der Waals surface area contributed by atoms with Gasteiger partial charge < -0.3 is 15.0 Å². The maximum Gasteiger partial charge on any atom is 0.337 e. The van der Waals surface area contributed by atoms with E-state index in [1.165, 1.54) is 0 Å². The smallest absolute Gasteiger partial charge is 0.337 e. The highest BCUT2D eigenvalue weighted by Crippen LogP contribution is 2.24. The van der Waals surface area contributed by atoms with Crippen molar-refractivity contribution in [2.24, 2.45) is 0 Å². The van der Waals surface area contributed by atoms with E-state index in [-0.39, 0.29) is 0 Å². The van der Waals surface area contributed by atoms with E-state index in [1.807, 2.05) is 54.8 Å². The summed E-state index contributed by atoms with van der Waals surface area (Å²) in [5.74, 6) is -0.899. The molecule has 0 saturated carbocycles. The van der Waals surface area contributed by atoms with Crippen LogP contribution in [0.1, 0.15) is 38.4 Å². The Morgan fingerprint density at radius 1 is 1.11 bits per heavy atom. The van der Waals surface area contributed by atoms with Crippen LogP contribution in [-0.2, 0) is 19.6 Å². The third-order valence-corrected chi connectivity index (χ3v) is 4.98. The van der Waals surface area contributed by atoms with Crippen molar-refractivity contribution < 1.29 is 9.90 Å². The molecule has 0 amide bonds. The molecule has 0 aliphatic carbocycles. The van der Waals surface area contributed by atoms with Gasteiger partial charge in [0.1, 0.15) is 0 Å². The first kappa shape index (κ1) is 19.1. The van der Waals surface area contributed by atoms with E-state index in [4.69, 9.17) is 11.6 Å². The Kier molecular flexibility index (Phi) is 5.94. The fourth-order valence-electron chi connectivity index (χ4n) is 3.29. The molecule has 2 heterocycles. The highest BCUT2D eigenvalue weighted by atomic mass is 35.5. The summed E-state index contributed by atoms with van der Waals surface area (Å²) in [7, 11) is 0. The SMILES string of the molecule is Cc1c(CNCc2cccnc2)c(C(=O)O)c(C)n1Cc1ccc(Cl)cc1. The number of carbonyl (C=O) groups is 1. The monoisotopic (exact) mass is 383 g/mol. The number of nitrogens with one attached hydrogen (secondary N) is 1. The van der Waals surface area contributed by atoms with Gasteiger partial charge in [0.2, 0.25) is 0 Å². The summed E-state index contributed by atoms with van der Waals surface area (Å²) in [6.07, 6.45) is 3.53. The number of benzene rings is 1. The largest absolute Gasteiger partial charge is 0.478 e. The van der Waals surface area contributed by atoms with Gasteiger partial charge in [0.15, 0.2) is 0 Å². The standard InChI is InChI=1S/C21H22ClN3O2/c1-14-19(12-24-11-17-4-3-9-23-10-17)20(21(26)27)15(2)25(14)13-16-5-7-18(22)8-6-16/h3-10,24H,11-13H2,1-2H3,(H,26,27). The van der Waals surface area contributed by atoms with Crippen LogP contribution >= 0.6 is 11.6 Å². The normalized spacial score (nSPS) is 10.9. The van der Waals surface area contributed by atoms with Crippen LogP contribution in [0.4, 0.5) is 0 Å². The van der Waals surface area contributed by atoms with Gasteiger partial charge in [-0.15, -0.1) is 0 Å². The van der Waals surface area contributed by atoms with E-state index < -0.39 is 5.97 Å². The third-order valence-electron chi connectivity index (χ3n) is 4.73. The summed E-state index contributed by atoms with van der Waals surface area (Å²) < 4.78 is 2.05. The lowest BCUT2D eigenvalue weighted by Crippen LogP contribution is -2.15. The van der Waals surface area contributed by atoms with Gasteiger partial charge in [0.25, 0.3) is 0 Å². The molecule has 0 bridgehead atoms. The average Bonchev–Trinajstić information content (AvgIpc) is 2.89. The van der Waals surface area contributed by atoms with E-state index in [2.05, 4.69) is 10.3 Å². The van der Waals surface area contributed by atoms with E-state index in [0.717, 1.165) is 28.1 Å². The Morgan fingerprint density at radius 3 is 2.48 bits per heavy atom. The Morgan fingerprint density at radius 2 is 1.85 bits per heavy atom. The molecule has 2 N–H and O–H groups in total. The van der Waals surface area contributed by atoms with Crippen LogP contribution in [-0.4, -0.2) is 20.6 Å². The molecule has 1 aromatic carbocycles. The summed E-state index contributed by atoms with van der Waals surface area (Å²) in [5, 5.41) is 13.8. The first-order chi connectivity index (χ1) is 13.0. The molecule has 3 aromatic rings. The molecule has 0 saturated heterocycles. The number of hydrogen-bond acceptors (Lipinski definition) is 3. The molecule has 0 aliphatic heterocycles. The molecule has 6 heteroatoms. The first-order valence-corrected chi connectivity index (χ1v) is 9.11. The molecule has 0 unspecified atom stereocenters. The lowest BCUT2D eigenvalue weighted by atomic mass is 10.1. The van der Waals surface area contributed by atoms with Gasteiger partial charge in [-0.25, -0.2) is 4.79 Å². The third kappa shape index (κ3) is 4.38. The Hall–Kier alpha value is -2.63. The van der Waals surface area contributed by atoms with Crippen LogP contribution in [0.15, 0.2) is 48.8 Å². The Bertz CT molecular complexity index is 934. The quantitative estimate of drug-likeness (QED) is 0.642. The lowest BCUT2D eigenvalue weighted by molar-refractivity contribution is 0.0694. The maximum absolute atomic E-state index is 11.9. The van der Waals surface area contributed by atoms with Crippen molar-refractivity contribution in [3.8, 4) is 0 Å². The zero-order valence-corrected chi connectivity index (χ0v) is 16.1. The van der Waals surface area contributed by atoms with E-state index >= 15 is 0 Å². The summed E-state index contributed by atoms with van der Waals surface area (Å²) in [6, 6.07) is 11.5. The summed E-state index contributed by atoms with van der Waals surface area (Å²) in [6.45, 7) is 5.55. The van der Waals surface area contributed by atoms with Crippen LogP contribution in [0, 0.1) is 13.8 Å². The molecule has 2 aromatic heterocycles. The number of hydrogen-bond donors (Lipinski definition) is 2. The van der Waals surface area contributed by atoms with Gasteiger partial charge in [0, 0.05) is 54.0 Å². The predicted octanol–water partition coefficient (Wildman–Crippen LogP) is 4.19. The van der Waals surface area contributed by atoms with Crippen molar-refractivity contribution in [1.82, 2.24) is 14.9 Å². The minimum atomic E-state index is -0.899. The zero-order chi connectivity index (χ0) is 19.4. The van der Waals surface area contributed by atoms with Crippen molar-refractivity contribution in [1.29, 1.82) is 0 Å². The van der Waals surface area contributed by atoms with Crippen LogP contribution in [0.2, 0.25) is 5.02 Å². The van der Waals surface area contributed by atoms with Gasteiger partial charge in [-0.2, -0.15) is 0 Å². The number of carboxylic acids is 1. The number of rotatable bonds is 7. The van der Waals surface area contributed by atoms with Gasteiger partial charge in [0.05, 0.1) is 5.56 Å². The van der Waals surface area contributed by atoms with E-state index in [9.17, 15) is 9.90 Å². The molecule has 0 radical (unpaired) electrons. The average molecular weight is 384 g/mol. The van der Waals surface area contributed by atoms with E-state index in [0.29, 0.717) is 30.2 Å². The lowest BCUT2D eigenvalue weighted by Gasteiger charge is -2.10. The van der Waals surface area contributed by atoms with Gasteiger partial charge in [-0.05, 0) is 43.2 Å². The van der Waals surface area contributed by atoms with E-state index in [1.54, 1.807) is 12.4 Å². The summed E-state index contributed by atoms with van der Waals surface area (Å²) in [5.41, 5.74) is 5.04. The predicted molar refractivity (Wildman–Crippen MR) is 106 cm³/mol. The molecule has 0 fully saturated rings. The van der Waals surface area contributed by atoms with Crippen LogP contribution < -0.4 is 5.32 Å². The number of pyridine rings is 1. The zero-order valence-electron chi connectivity index (χ0n) is 15.4. The molecular formula is C21H22ClN3O2. The fraction of sp³-hybridized carbons (Fsp3) is 0.238.